The summed E-state index contributed by atoms with van der Waals surface area (Å²) >= 11 is 0. The molecule has 108 valence electrons. The van der Waals surface area contributed by atoms with Gasteiger partial charge in [0, 0.05) is 6.92 Å². The van der Waals surface area contributed by atoms with E-state index in [2.05, 4.69) is 20.4 Å². The lowest BCUT2D eigenvalue weighted by Crippen LogP contribution is -2.18. The molecule has 1 aromatic carbocycles. The van der Waals surface area contributed by atoms with Crippen LogP contribution in [0.3, 0.4) is 0 Å². The van der Waals surface area contributed by atoms with Gasteiger partial charge in [-0.05, 0) is 19.1 Å². The average molecular weight is 288 g/mol. The smallest absolute Gasteiger partial charge is 0.272 e. The summed E-state index contributed by atoms with van der Waals surface area (Å²) in [5.41, 5.74) is -1.09. The zero-order valence-electron chi connectivity index (χ0n) is 11.3. The summed E-state index contributed by atoms with van der Waals surface area (Å²) in [6.07, 6.45) is 0. The lowest BCUT2D eigenvalue weighted by molar-refractivity contribution is -0.113. The summed E-state index contributed by atoms with van der Waals surface area (Å²) in [5, 5.41) is 21.4. The molecule has 2 rings (SSSR count). The van der Waals surface area contributed by atoms with Gasteiger partial charge >= 0.3 is 0 Å². The van der Waals surface area contributed by atoms with Crippen molar-refractivity contribution in [2.45, 2.75) is 13.8 Å². The molecule has 0 radical (unpaired) electrons. The summed E-state index contributed by atoms with van der Waals surface area (Å²) in [5.74, 6) is -0.746. The van der Waals surface area contributed by atoms with E-state index in [1.54, 1.807) is 0 Å². The lowest BCUT2D eigenvalue weighted by atomic mass is 10.1. The molecule has 8 nitrogen and oxygen atoms in total. The van der Waals surface area contributed by atoms with Crippen LogP contribution in [0.4, 0.5) is 5.69 Å². The number of aromatic amines is 2. The van der Waals surface area contributed by atoms with Crippen molar-refractivity contribution in [3.63, 3.8) is 0 Å². The Morgan fingerprint density at radius 2 is 1.81 bits per heavy atom. The van der Waals surface area contributed by atoms with Crippen LogP contribution in [0.15, 0.2) is 49.5 Å². The van der Waals surface area contributed by atoms with Crippen LogP contribution < -0.4 is 11.1 Å². The first-order chi connectivity index (χ1) is 9.91. The van der Waals surface area contributed by atoms with E-state index in [0.29, 0.717) is 0 Å². The topological polar surface area (TPSA) is 128 Å². The van der Waals surface area contributed by atoms with Crippen molar-refractivity contribution in [3.8, 4) is 0 Å². The van der Waals surface area contributed by atoms with Crippen molar-refractivity contribution in [1.82, 2.24) is 10.2 Å². The second-order valence-corrected chi connectivity index (χ2v) is 4.30. The number of benzene rings is 1. The first kappa shape index (κ1) is 14.4. The molecule has 0 aliphatic rings. The number of hydrogen-bond acceptors (Lipinski definition) is 6. The third kappa shape index (κ3) is 2.78. The van der Waals surface area contributed by atoms with Crippen molar-refractivity contribution < 1.29 is 9.90 Å². The minimum absolute atomic E-state index is 0.0588. The molecule has 0 saturated carbocycles. The van der Waals surface area contributed by atoms with Crippen LogP contribution in [0, 0.1) is 0 Å². The number of allylic oxidation sites excluding steroid dienone is 2. The third-order valence-corrected chi connectivity index (χ3v) is 2.74. The number of ketones is 1. The Morgan fingerprint density at radius 1 is 1.14 bits per heavy atom. The van der Waals surface area contributed by atoms with Crippen molar-refractivity contribution >= 4 is 22.2 Å². The fraction of sp³-hybridized carbons (Fsp3) is 0.154. The van der Waals surface area contributed by atoms with E-state index in [-0.39, 0.29) is 27.9 Å². The number of rotatable bonds is 3. The van der Waals surface area contributed by atoms with Crippen molar-refractivity contribution in [2.75, 3.05) is 0 Å². The number of azo groups is 1. The molecule has 0 fully saturated rings. The predicted molar refractivity (Wildman–Crippen MR) is 75.7 cm³/mol. The zero-order chi connectivity index (χ0) is 15.6. The molecule has 0 amide bonds. The predicted octanol–water partition coefficient (Wildman–Crippen LogP) is 1.68. The molecule has 0 aliphatic carbocycles. The lowest BCUT2D eigenvalue weighted by Gasteiger charge is -2.00. The monoisotopic (exact) mass is 288 g/mol. The van der Waals surface area contributed by atoms with Crippen LogP contribution in [0.5, 0.6) is 0 Å². The molecule has 0 aliphatic heterocycles. The number of fused-ring (bicyclic) bond motifs is 1. The van der Waals surface area contributed by atoms with Gasteiger partial charge in [0.2, 0.25) is 0 Å². The van der Waals surface area contributed by atoms with Crippen LogP contribution in [-0.2, 0) is 4.79 Å². The summed E-state index contributed by atoms with van der Waals surface area (Å²) in [6, 6.07) is 4.49. The highest BCUT2D eigenvalue weighted by Crippen LogP contribution is 2.21. The van der Waals surface area contributed by atoms with E-state index >= 15 is 0 Å². The molecule has 0 unspecified atom stereocenters. The standard InChI is InChI=1S/C13H12N4O4/c1-6(18)11(7(2)19)15-14-9-5-3-4-8-10(9)13(21)17-16-12(8)20/h3-5,18H,1-2H3,(H,16,20)(H,17,21)/b11-6-,15-14?. The Bertz CT molecular complexity index is 885. The number of aliphatic hydroxyl groups is 1. The zero-order valence-corrected chi connectivity index (χ0v) is 11.3. The van der Waals surface area contributed by atoms with Crippen molar-refractivity contribution in [2.24, 2.45) is 10.2 Å². The Kier molecular flexibility index (Phi) is 3.79. The van der Waals surface area contributed by atoms with E-state index in [1.807, 2.05) is 0 Å². The molecule has 1 heterocycles. The number of nitrogens with one attached hydrogen (secondary N) is 2. The molecular formula is C13H12N4O4. The van der Waals surface area contributed by atoms with Crippen LogP contribution in [0.25, 0.3) is 10.8 Å². The maximum atomic E-state index is 11.8. The Balaban J connectivity index is 2.67. The van der Waals surface area contributed by atoms with Gasteiger partial charge in [-0.3, -0.25) is 24.6 Å². The SMILES string of the molecule is CC(=O)/C(N=Nc1cccc2c(=O)[nH][nH]c(=O)c12)=C(\C)O. The van der Waals surface area contributed by atoms with Gasteiger partial charge in [0.15, 0.2) is 11.5 Å². The van der Waals surface area contributed by atoms with E-state index in [0.717, 1.165) is 0 Å². The van der Waals surface area contributed by atoms with Gasteiger partial charge in [0.25, 0.3) is 11.1 Å². The van der Waals surface area contributed by atoms with Crippen molar-refractivity contribution in [3.05, 3.63) is 50.4 Å². The first-order valence-corrected chi connectivity index (χ1v) is 5.98. The fourth-order valence-electron chi connectivity index (χ4n) is 1.80. The van der Waals surface area contributed by atoms with E-state index in [4.69, 9.17) is 0 Å². The highest BCUT2D eigenvalue weighted by Gasteiger charge is 2.10. The maximum absolute atomic E-state index is 11.8. The van der Waals surface area contributed by atoms with Gasteiger partial charge in [0.1, 0.15) is 5.76 Å². The maximum Gasteiger partial charge on any atom is 0.272 e. The molecular weight excluding hydrogens is 276 g/mol. The number of aliphatic hydroxyl groups excluding tert-OH is 1. The third-order valence-electron chi connectivity index (χ3n) is 2.74. The van der Waals surface area contributed by atoms with Gasteiger partial charge in [-0.15, -0.1) is 10.2 Å². The molecule has 0 atom stereocenters. The number of carbonyl (C=O) groups excluding carboxylic acids is 1. The number of Topliss-reactive ketones (excluding diaryl/α,β-unsaturated/α-hetero) is 1. The van der Waals surface area contributed by atoms with Crippen LogP contribution in [-0.4, -0.2) is 21.1 Å². The molecule has 8 heteroatoms. The summed E-state index contributed by atoms with van der Waals surface area (Å²) in [4.78, 5) is 34.7. The van der Waals surface area contributed by atoms with Gasteiger partial charge in [0.05, 0.1) is 16.5 Å². The Hall–Kier alpha value is -3.03. The number of H-pyrrole nitrogens is 2. The minimum atomic E-state index is -0.534. The average Bonchev–Trinajstić information content (AvgIpc) is 2.42. The minimum Gasteiger partial charge on any atom is -0.510 e. The van der Waals surface area contributed by atoms with Gasteiger partial charge in [-0.2, -0.15) is 0 Å². The first-order valence-electron chi connectivity index (χ1n) is 5.98. The molecule has 0 spiro atoms. The van der Waals surface area contributed by atoms with Crippen molar-refractivity contribution in [1.29, 1.82) is 0 Å². The molecule has 2 aromatic rings. The second-order valence-electron chi connectivity index (χ2n) is 4.30. The molecule has 3 N–H and O–H groups in total. The quantitative estimate of drug-likeness (QED) is 0.451. The van der Waals surface area contributed by atoms with Gasteiger partial charge < -0.3 is 5.11 Å². The van der Waals surface area contributed by atoms with E-state index in [9.17, 15) is 19.5 Å². The Labute approximate surface area is 117 Å². The number of carbonyl (C=O) groups is 1. The normalized spacial score (nSPS) is 12.7. The van der Waals surface area contributed by atoms with Gasteiger partial charge in [-0.1, -0.05) is 6.07 Å². The summed E-state index contributed by atoms with van der Waals surface area (Å²) in [6.45, 7) is 2.53. The largest absolute Gasteiger partial charge is 0.510 e. The summed E-state index contributed by atoms with van der Waals surface area (Å²) in [7, 11) is 0. The number of aromatic nitrogens is 2. The van der Waals surface area contributed by atoms with Gasteiger partial charge in [-0.25, -0.2) is 0 Å². The highest BCUT2D eigenvalue weighted by molar-refractivity contribution is 5.93. The van der Waals surface area contributed by atoms with E-state index in [1.165, 1.54) is 32.0 Å². The molecule has 1 aromatic heterocycles. The van der Waals surface area contributed by atoms with Crippen LogP contribution in [0.2, 0.25) is 0 Å². The number of nitrogens with zero attached hydrogens (tertiary/aromatic N) is 2. The molecule has 0 bridgehead atoms. The summed E-state index contributed by atoms with van der Waals surface area (Å²) < 4.78 is 0. The van der Waals surface area contributed by atoms with E-state index < -0.39 is 16.9 Å². The molecule has 21 heavy (non-hydrogen) atoms. The molecule has 0 saturated heterocycles. The number of hydrogen-bond donors (Lipinski definition) is 3. The highest BCUT2D eigenvalue weighted by atomic mass is 16.3. The fourth-order valence-corrected chi connectivity index (χ4v) is 1.80. The Morgan fingerprint density at radius 3 is 2.43 bits per heavy atom. The van der Waals surface area contributed by atoms with Crippen LogP contribution in [0.1, 0.15) is 13.8 Å². The van der Waals surface area contributed by atoms with Crippen LogP contribution >= 0.6 is 0 Å². The second kappa shape index (κ2) is 5.53.